The van der Waals surface area contributed by atoms with E-state index < -0.39 is 35.5 Å². The number of amides is 5. The van der Waals surface area contributed by atoms with Gasteiger partial charge in [0.15, 0.2) is 11.5 Å². The number of nitrogens with one attached hydrogen (secondary N) is 2. The van der Waals surface area contributed by atoms with Crippen LogP contribution in [0.4, 0.5) is 21.6 Å². The van der Waals surface area contributed by atoms with Gasteiger partial charge >= 0.3 is 0 Å². The van der Waals surface area contributed by atoms with E-state index in [9.17, 15) is 24.0 Å². The topological polar surface area (TPSA) is 162 Å². The maximum absolute atomic E-state index is 15.6. The minimum atomic E-state index is -1.10. The van der Waals surface area contributed by atoms with Crippen LogP contribution >= 0.6 is 11.6 Å². The summed E-state index contributed by atoms with van der Waals surface area (Å²) in [4.78, 5) is 74.6. The molecule has 1 aliphatic carbocycles. The smallest absolute Gasteiger partial charge is 0.272 e. The summed E-state index contributed by atoms with van der Waals surface area (Å²) in [5.41, 5.74) is 0.985. The first-order valence-electron chi connectivity index (χ1n) is 20.3. The van der Waals surface area contributed by atoms with Crippen LogP contribution in [-0.2, 0) is 9.59 Å². The van der Waals surface area contributed by atoms with E-state index in [4.69, 9.17) is 22.9 Å². The Labute approximate surface area is 345 Å². The highest BCUT2D eigenvalue weighted by Gasteiger charge is 2.47. The number of anilines is 2. The maximum Gasteiger partial charge on any atom is 0.272 e. The molecule has 4 saturated heterocycles. The third kappa shape index (κ3) is 7.57. The summed E-state index contributed by atoms with van der Waals surface area (Å²) < 4.78 is 21.6. The predicted molar refractivity (Wildman–Crippen MR) is 213 cm³/mol. The van der Waals surface area contributed by atoms with Crippen LogP contribution in [0.2, 0.25) is 5.02 Å². The molecule has 3 unspecified atom stereocenters. The quantitative estimate of drug-likeness (QED) is 0.245. The van der Waals surface area contributed by atoms with E-state index >= 15 is 4.39 Å². The molecule has 15 nitrogen and oxygen atoms in total. The Morgan fingerprint density at radius 1 is 0.864 bits per heavy atom. The zero-order valence-electron chi connectivity index (χ0n) is 32.2. The van der Waals surface area contributed by atoms with E-state index in [0.717, 1.165) is 81.5 Å². The van der Waals surface area contributed by atoms with Gasteiger partial charge in [-0.25, -0.2) is 9.24 Å². The van der Waals surface area contributed by atoms with Crippen molar-refractivity contribution in [2.24, 2.45) is 11.8 Å². The van der Waals surface area contributed by atoms with Crippen LogP contribution in [0.25, 0.3) is 4.85 Å². The van der Waals surface area contributed by atoms with Crippen molar-refractivity contribution in [3.05, 3.63) is 81.5 Å². The minimum absolute atomic E-state index is 0.0109. The number of imide groups is 2. The van der Waals surface area contributed by atoms with Crippen LogP contribution < -0.4 is 25.2 Å². The number of piperidine rings is 2. The lowest BCUT2D eigenvalue weighted by atomic mass is 9.93. The van der Waals surface area contributed by atoms with Crippen molar-refractivity contribution in [2.75, 3.05) is 49.1 Å². The molecule has 6 heterocycles. The summed E-state index contributed by atoms with van der Waals surface area (Å²) in [7, 11) is 0. The van der Waals surface area contributed by atoms with Gasteiger partial charge in [-0.15, -0.1) is 10.2 Å². The highest BCUT2D eigenvalue weighted by atomic mass is 35.5. The molecule has 3 aromatic rings. The molecule has 5 amide bonds. The second-order valence-corrected chi connectivity index (χ2v) is 16.9. The number of nitrogens with zero attached hydrogens (tertiary/aromatic N) is 7. The third-order valence-corrected chi connectivity index (χ3v) is 13.2. The molecule has 0 spiro atoms. The number of hydrogen-bond acceptors (Lipinski definition) is 11. The standard InChI is InChI=1S/C42H43ClFN9O6/c1-45-33-7-6-28(16-31(33)43)59-27-4-2-25(3-5-27)46-39(55)34-8-10-37(49-48-34)50-14-12-26(13-15-50)51-19-23-21-52(22-24(23)20-51)36-18-30-29(17-32(36)44)41(57)53(42(30)58)35-9-11-38(54)47-40(35)56/h6-8,10,16-18,23-27,35H,2-5,9,11-15,19-22H2,(H,46,55)(H,47,54,56). The first kappa shape index (κ1) is 38.8. The van der Waals surface area contributed by atoms with Crippen molar-refractivity contribution in [1.29, 1.82) is 0 Å². The van der Waals surface area contributed by atoms with Crippen LogP contribution in [-0.4, -0.2) is 113 Å². The van der Waals surface area contributed by atoms with Gasteiger partial charge in [0, 0.05) is 57.8 Å². The number of carbonyl (C=O) groups excluding carboxylic acids is 5. The Hall–Kier alpha value is -5.66. The summed E-state index contributed by atoms with van der Waals surface area (Å²) in [5.74, 6) is -1.28. The summed E-state index contributed by atoms with van der Waals surface area (Å²) in [6.45, 7) is 11.8. The lowest BCUT2D eigenvalue weighted by Crippen LogP contribution is -2.54. The molecule has 2 aromatic carbocycles. The van der Waals surface area contributed by atoms with Crippen molar-refractivity contribution in [3.63, 3.8) is 0 Å². The van der Waals surface area contributed by atoms with Crippen molar-refractivity contribution in [3.8, 4) is 5.75 Å². The summed E-state index contributed by atoms with van der Waals surface area (Å²) in [6.07, 6.45) is 5.09. The molecule has 0 radical (unpaired) electrons. The number of rotatable bonds is 8. The zero-order chi connectivity index (χ0) is 40.9. The normalized spacial score (nSPS) is 26.1. The van der Waals surface area contributed by atoms with Gasteiger partial charge in [0.1, 0.15) is 17.6 Å². The van der Waals surface area contributed by atoms with Crippen LogP contribution in [0.5, 0.6) is 5.75 Å². The van der Waals surface area contributed by atoms with Gasteiger partial charge in [0.05, 0.1) is 34.5 Å². The van der Waals surface area contributed by atoms with E-state index in [2.05, 4.69) is 35.5 Å². The molecule has 3 atom stereocenters. The molecule has 5 fully saturated rings. The Morgan fingerprint density at radius 3 is 2.22 bits per heavy atom. The fraction of sp³-hybridized carbons (Fsp3) is 0.476. The van der Waals surface area contributed by atoms with Gasteiger partial charge < -0.3 is 19.9 Å². The molecule has 6 aliphatic rings. The van der Waals surface area contributed by atoms with Gasteiger partial charge in [-0.05, 0) is 93.2 Å². The van der Waals surface area contributed by atoms with Gasteiger partial charge in [-0.2, -0.15) is 0 Å². The molecule has 9 rings (SSSR count). The second kappa shape index (κ2) is 15.8. The van der Waals surface area contributed by atoms with E-state index in [0.29, 0.717) is 47.4 Å². The van der Waals surface area contributed by atoms with Crippen molar-refractivity contribution >= 4 is 58.3 Å². The number of hydrogen-bond donors (Lipinski definition) is 2. The predicted octanol–water partition coefficient (Wildman–Crippen LogP) is 4.38. The molecular formula is C42H43ClFN9O6. The minimum Gasteiger partial charge on any atom is -0.490 e. The summed E-state index contributed by atoms with van der Waals surface area (Å²) in [5, 5.41) is 14.3. The number of likely N-dealkylation sites (tertiary alicyclic amines) is 1. The van der Waals surface area contributed by atoms with Crippen LogP contribution in [0, 0.1) is 24.2 Å². The molecular weight excluding hydrogens is 781 g/mol. The van der Waals surface area contributed by atoms with Crippen molar-refractivity contribution in [1.82, 2.24) is 30.6 Å². The van der Waals surface area contributed by atoms with Gasteiger partial charge in [-0.1, -0.05) is 17.7 Å². The summed E-state index contributed by atoms with van der Waals surface area (Å²) >= 11 is 6.15. The summed E-state index contributed by atoms with van der Waals surface area (Å²) in [6, 6.07) is 10.6. The zero-order valence-corrected chi connectivity index (χ0v) is 33.0. The van der Waals surface area contributed by atoms with Gasteiger partial charge in [-0.3, -0.25) is 39.1 Å². The molecule has 1 aromatic heterocycles. The van der Waals surface area contributed by atoms with Crippen LogP contribution in [0.1, 0.15) is 82.6 Å². The van der Waals surface area contributed by atoms with Crippen LogP contribution in [0.3, 0.4) is 0 Å². The van der Waals surface area contributed by atoms with Crippen molar-refractivity contribution in [2.45, 2.75) is 75.6 Å². The van der Waals surface area contributed by atoms with E-state index in [1.54, 1.807) is 24.3 Å². The third-order valence-electron chi connectivity index (χ3n) is 12.9. The molecule has 0 bridgehead atoms. The Balaban J connectivity index is 0.727. The molecule has 1 saturated carbocycles. The highest BCUT2D eigenvalue weighted by molar-refractivity contribution is 6.33. The molecule has 59 heavy (non-hydrogen) atoms. The molecule has 17 heteroatoms. The average Bonchev–Trinajstić information content (AvgIpc) is 3.89. The van der Waals surface area contributed by atoms with Crippen molar-refractivity contribution < 1.29 is 33.1 Å². The Morgan fingerprint density at radius 2 is 1.58 bits per heavy atom. The number of fused-ring (bicyclic) bond motifs is 2. The Bertz CT molecular complexity index is 2240. The highest BCUT2D eigenvalue weighted by Crippen LogP contribution is 2.40. The maximum atomic E-state index is 15.6. The number of ether oxygens (including phenoxy) is 1. The fourth-order valence-electron chi connectivity index (χ4n) is 9.75. The number of aromatic nitrogens is 2. The fourth-order valence-corrected chi connectivity index (χ4v) is 9.96. The van der Waals surface area contributed by atoms with E-state index in [-0.39, 0.29) is 53.4 Å². The lowest BCUT2D eigenvalue weighted by Gasteiger charge is -2.37. The SMILES string of the molecule is [C-]#[N+]c1ccc(OC2CCC(NC(=O)c3ccc(N4CCC(N5CC6CN(c7cc8c(cc7F)C(=O)N(C7CCC(=O)NC7=O)C8=O)CC6C5)CC4)nn3)CC2)cc1Cl. The van der Waals surface area contributed by atoms with E-state index in [1.165, 1.54) is 6.07 Å². The Kier molecular flexibility index (Phi) is 10.4. The number of benzene rings is 2. The first-order chi connectivity index (χ1) is 28.5. The van der Waals surface area contributed by atoms with Gasteiger partial charge in [0.25, 0.3) is 17.7 Å². The molecule has 5 aliphatic heterocycles. The molecule has 2 N–H and O–H groups in total. The largest absolute Gasteiger partial charge is 0.490 e. The van der Waals surface area contributed by atoms with E-state index in [1.807, 2.05) is 11.0 Å². The van der Waals surface area contributed by atoms with Crippen LogP contribution in [0.15, 0.2) is 42.5 Å². The van der Waals surface area contributed by atoms with Gasteiger partial charge in [0.2, 0.25) is 17.5 Å². The number of carbonyl (C=O) groups is 5. The monoisotopic (exact) mass is 823 g/mol. The lowest BCUT2D eigenvalue weighted by molar-refractivity contribution is -0.136. The molecule has 306 valence electrons. The average molecular weight is 824 g/mol. The second-order valence-electron chi connectivity index (χ2n) is 16.5. The first-order valence-corrected chi connectivity index (χ1v) is 20.7. The number of halogens is 2.